The summed E-state index contributed by atoms with van der Waals surface area (Å²) >= 11 is 0. The highest BCUT2D eigenvalue weighted by molar-refractivity contribution is 6.04. The summed E-state index contributed by atoms with van der Waals surface area (Å²) in [7, 11) is 1.86. The van der Waals surface area contributed by atoms with Crippen molar-refractivity contribution in [2.24, 2.45) is 0 Å². The number of ether oxygens (including phenoxy) is 1. The Labute approximate surface area is 173 Å². The molecule has 1 aliphatic carbocycles. The molecule has 0 unspecified atom stereocenters. The lowest BCUT2D eigenvalue weighted by Crippen LogP contribution is -2.39. The van der Waals surface area contributed by atoms with Crippen molar-refractivity contribution in [3.63, 3.8) is 0 Å². The summed E-state index contributed by atoms with van der Waals surface area (Å²) in [6, 6.07) is 15.0. The summed E-state index contributed by atoms with van der Waals surface area (Å²) in [6.07, 6.45) is 4.96. The average Bonchev–Trinajstić information content (AvgIpc) is 2.75. The van der Waals surface area contributed by atoms with Gasteiger partial charge in [-0.1, -0.05) is 49.6 Å². The lowest BCUT2D eigenvalue weighted by Gasteiger charge is -2.31. The zero-order valence-electron chi connectivity index (χ0n) is 17.5. The van der Waals surface area contributed by atoms with Gasteiger partial charge in [0.15, 0.2) is 6.10 Å². The van der Waals surface area contributed by atoms with Crippen molar-refractivity contribution < 1.29 is 14.3 Å². The summed E-state index contributed by atoms with van der Waals surface area (Å²) in [5.41, 5.74) is 2.00. The molecular formula is C24H30N2O3. The van der Waals surface area contributed by atoms with E-state index in [0.29, 0.717) is 17.0 Å². The Morgan fingerprint density at radius 1 is 1.03 bits per heavy atom. The maximum absolute atomic E-state index is 13.1. The maximum Gasteiger partial charge on any atom is 0.265 e. The molecule has 0 radical (unpaired) electrons. The summed E-state index contributed by atoms with van der Waals surface area (Å²) in [5, 5.41) is 2.88. The number of para-hydroxylation sites is 2. The van der Waals surface area contributed by atoms with Crippen molar-refractivity contribution in [2.45, 2.75) is 58.1 Å². The fraction of sp³-hybridized carbons (Fsp3) is 0.417. The number of nitrogens with zero attached hydrogens (tertiary/aromatic N) is 1. The first-order valence-corrected chi connectivity index (χ1v) is 10.4. The average molecular weight is 395 g/mol. The molecule has 5 nitrogen and oxygen atoms in total. The van der Waals surface area contributed by atoms with E-state index in [9.17, 15) is 9.59 Å². The van der Waals surface area contributed by atoms with Gasteiger partial charge < -0.3 is 15.0 Å². The number of nitrogens with one attached hydrogen (secondary N) is 1. The van der Waals surface area contributed by atoms with Crippen LogP contribution in [0.15, 0.2) is 48.5 Å². The Balaban J connectivity index is 1.70. The lowest BCUT2D eigenvalue weighted by molar-refractivity contribution is -0.122. The highest BCUT2D eigenvalue weighted by Crippen LogP contribution is 2.25. The standard InChI is InChI=1S/C24H30N2O3/c1-17-11-7-10-16-22(17)29-18(2)23(27)25-21-15-9-8-14-20(21)24(28)26(3)19-12-5-4-6-13-19/h7-11,14-16,18-19H,4-6,12-13H2,1-3H3,(H,25,27)/t18-/m1/s1. The van der Waals surface area contributed by atoms with Crippen LogP contribution in [0.1, 0.15) is 54.9 Å². The van der Waals surface area contributed by atoms with Crippen LogP contribution in [0.25, 0.3) is 0 Å². The van der Waals surface area contributed by atoms with E-state index in [4.69, 9.17) is 4.74 Å². The molecular weight excluding hydrogens is 364 g/mol. The van der Waals surface area contributed by atoms with Crippen molar-refractivity contribution in [3.05, 3.63) is 59.7 Å². The van der Waals surface area contributed by atoms with E-state index in [-0.39, 0.29) is 17.9 Å². The Hall–Kier alpha value is -2.82. The number of amides is 2. The summed E-state index contributed by atoms with van der Waals surface area (Å²) in [6.45, 7) is 3.65. The molecule has 154 valence electrons. The Morgan fingerprint density at radius 2 is 1.69 bits per heavy atom. The van der Waals surface area contributed by atoms with Gasteiger partial charge in [0.25, 0.3) is 11.8 Å². The van der Waals surface area contributed by atoms with Crippen LogP contribution in [0.3, 0.4) is 0 Å². The number of rotatable bonds is 6. The van der Waals surface area contributed by atoms with Gasteiger partial charge >= 0.3 is 0 Å². The zero-order valence-corrected chi connectivity index (χ0v) is 17.5. The van der Waals surface area contributed by atoms with E-state index >= 15 is 0 Å². The summed E-state index contributed by atoms with van der Waals surface area (Å²) in [5.74, 6) is 0.339. The van der Waals surface area contributed by atoms with Gasteiger partial charge in [-0.2, -0.15) is 0 Å². The van der Waals surface area contributed by atoms with Crippen molar-refractivity contribution >= 4 is 17.5 Å². The first-order chi connectivity index (χ1) is 14.0. The van der Waals surface area contributed by atoms with Crippen LogP contribution < -0.4 is 10.1 Å². The zero-order chi connectivity index (χ0) is 20.8. The number of benzene rings is 2. The van der Waals surface area contributed by atoms with Gasteiger partial charge in [0.05, 0.1) is 11.3 Å². The van der Waals surface area contributed by atoms with Gasteiger partial charge in [0.1, 0.15) is 5.75 Å². The minimum Gasteiger partial charge on any atom is -0.481 e. The number of carbonyl (C=O) groups is 2. The second-order valence-electron chi connectivity index (χ2n) is 7.77. The molecule has 2 amide bonds. The normalized spacial score (nSPS) is 15.4. The molecule has 1 fully saturated rings. The molecule has 5 heteroatoms. The van der Waals surface area contributed by atoms with Crippen LogP contribution >= 0.6 is 0 Å². The number of hydrogen-bond donors (Lipinski definition) is 1. The first kappa shape index (κ1) is 20.9. The highest BCUT2D eigenvalue weighted by Gasteiger charge is 2.25. The predicted molar refractivity (Wildman–Crippen MR) is 115 cm³/mol. The topological polar surface area (TPSA) is 58.6 Å². The van der Waals surface area contributed by atoms with Gasteiger partial charge in [0, 0.05) is 13.1 Å². The molecule has 0 bridgehead atoms. The summed E-state index contributed by atoms with van der Waals surface area (Å²) < 4.78 is 5.81. The molecule has 0 aliphatic heterocycles. The molecule has 1 N–H and O–H groups in total. The molecule has 1 aliphatic rings. The fourth-order valence-corrected chi connectivity index (χ4v) is 3.77. The second kappa shape index (κ2) is 9.59. The molecule has 0 aromatic heterocycles. The van der Waals surface area contributed by atoms with Crippen LogP contribution in [-0.2, 0) is 4.79 Å². The highest BCUT2D eigenvalue weighted by atomic mass is 16.5. The van der Waals surface area contributed by atoms with Crippen molar-refractivity contribution in [1.29, 1.82) is 0 Å². The molecule has 0 saturated heterocycles. The second-order valence-corrected chi connectivity index (χ2v) is 7.77. The molecule has 29 heavy (non-hydrogen) atoms. The number of aryl methyl sites for hydroxylation is 1. The minimum absolute atomic E-state index is 0.0553. The quantitative estimate of drug-likeness (QED) is 0.765. The number of anilines is 1. The van der Waals surface area contributed by atoms with Gasteiger partial charge in [-0.15, -0.1) is 0 Å². The Morgan fingerprint density at radius 3 is 2.41 bits per heavy atom. The molecule has 0 heterocycles. The van der Waals surface area contributed by atoms with Crippen LogP contribution in [0.2, 0.25) is 0 Å². The first-order valence-electron chi connectivity index (χ1n) is 10.4. The third kappa shape index (κ3) is 5.17. The lowest BCUT2D eigenvalue weighted by atomic mass is 9.94. The van der Waals surface area contributed by atoms with Crippen molar-refractivity contribution in [3.8, 4) is 5.75 Å². The van der Waals surface area contributed by atoms with Crippen molar-refractivity contribution in [1.82, 2.24) is 4.90 Å². The Bertz CT molecular complexity index is 859. The molecule has 2 aromatic carbocycles. The largest absolute Gasteiger partial charge is 0.481 e. The monoisotopic (exact) mass is 394 g/mol. The molecule has 0 spiro atoms. The molecule has 3 rings (SSSR count). The fourth-order valence-electron chi connectivity index (χ4n) is 3.77. The third-order valence-electron chi connectivity index (χ3n) is 5.62. The van der Waals surface area contributed by atoms with Crippen LogP contribution in [0.4, 0.5) is 5.69 Å². The van der Waals surface area contributed by atoms with Crippen molar-refractivity contribution in [2.75, 3.05) is 12.4 Å². The summed E-state index contributed by atoms with van der Waals surface area (Å²) in [4.78, 5) is 27.6. The Kier molecular flexibility index (Phi) is 6.91. The van der Waals surface area contributed by atoms with Crippen LogP contribution in [0.5, 0.6) is 5.75 Å². The van der Waals surface area contributed by atoms with E-state index in [1.807, 2.05) is 55.3 Å². The SMILES string of the molecule is Cc1ccccc1O[C@H](C)C(=O)Nc1ccccc1C(=O)N(C)C1CCCCC1. The number of hydrogen-bond acceptors (Lipinski definition) is 3. The third-order valence-corrected chi connectivity index (χ3v) is 5.62. The van der Waals surface area contributed by atoms with E-state index in [1.165, 1.54) is 6.42 Å². The maximum atomic E-state index is 13.1. The molecule has 2 aromatic rings. The van der Waals surface area contributed by atoms with E-state index < -0.39 is 6.10 Å². The minimum atomic E-state index is -0.685. The van der Waals surface area contributed by atoms with E-state index in [2.05, 4.69) is 5.32 Å². The van der Waals surface area contributed by atoms with Gasteiger partial charge in [-0.05, 0) is 50.5 Å². The van der Waals surface area contributed by atoms with Gasteiger partial charge in [0.2, 0.25) is 0 Å². The van der Waals surface area contributed by atoms with Crippen LogP contribution in [-0.4, -0.2) is 35.9 Å². The van der Waals surface area contributed by atoms with Gasteiger partial charge in [-0.25, -0.2) is 0 Å². The van der Waals surface area contributed by atoms with E-state index in [1.54, 1.807) is 19.1 Å². The smallest absolute Gasteiger partial charge is 0.265 e. The van der Waals surface area contributed by atoms with Gasteiger partial charge in [-0.3, -0.25) is 9.59 Å². The number of carbonyl (C=O) groups excluding carboxylic acids is 2. The van der Waals surface area contributed by atoms with Crippen LogP contribution in [0, 0.1) is 6.92 Å². The van der Waals surface area contributed by atoms with E-state index in [0.717, 1.165) is 31.2 Å². The molecule has 1 atom stereocenters. The predicted octanol–water partition coefficient (Wildman–Crippen LogP) is 4.81. The molecule has 1 saturated carbocycles.